The summed E-state index contributed by atoms with van der Waals surface area (Å²) in [6.45, 7) is 0.365. The number of ether oxygens (including phenoxy) is 2. The number of rotatable bonds is 26. The van der Waals surface area contributed by atoms with Crippen molar-refractivity contribution in [3.63, 3.8) is 0 Å². The van der Waals surface area contributed by atoms with Crippen molar-refractivity contribution in [3.05, 3.63) is 0 Å². The normalized spacial score (nSPS) is 20.8. The van der Waals surface area contributed by atoms with Crippen LogP contribution in [0.25, 0.3) is 0 Å². The number of hydrogen-bond donors (Lipinski definition) is 8. The van der Waals surface area contributed by atoms with Crippen LogP contribution < -0.4 is 0 Å². The van der Waals surface area contributed by atoms with E-state index >= 15 is 0 Å². The van der Waals surface area contributed by atoms with E-state index in [-0.39, 0.29) is 35.6 Å². The van der Waals surface area contributed by atoms with Crippen molar-refractivity contribution >= 4 is 48.9 Å². The lowest BCUT2D eigenvalue weighted by molar-refractivity contribution is -0.213. The van der Waals surface area contributed by atoms with Gasteiger partial charge in [0.15, 0.2) is 6.10 Å². The summed E-state index contributed by atoms with van der Waals surface area (Å²) >= 11 is 0. The fourth-order valence-corrected chi connectivity index (χ4v) is 7.50. The Morgan fingerprint density at radius 3 is 1.51 bits per heavy atom. The molecule has 0 radical (unpaired) electrons. The lowest BCUT2D eigenvalue weighted by atomic mass is 9.85. The van der Waals surface area contributed by atoms with Crippen LogP contribution in [0.4, 0.5) is 0 Å². The molecule has 23 heteroatoms. The molecule has 0 aromatic carbocycles. The average Bonchev–Trinajstić information content (AvgIpc) is 3.16. The zero-order valence-corrected chi connectivity index (χ0v) is 37.0. The highest BCUT2D eigenvalue weighted by molar-refractivity contribution is 7.59. The second kappa shape index (κ2) is 31.7. The van der Waals surface area contributed by atoms with Crippen LogP contribution in [0.15, 0.2) is 0 Å². The average molecular weight is 961 g/mol. The van der Waals surface area contributed by atoms with Gasteiger partial charge in [0, 0.05) is 28.0 Å². The highest BCUT2D eigenvalue weighted by Gasteiger charge is 2.56. The van der Waals surface area contributed by atoms with Crippen LogP contribution in [0.5, 0.6) is 0 Å². The molecule has 0 aromatic rings. The summed E-state index contributed by atoms with van der Waals surface area (Å²) in [6.07, 6.45) is 1.93. The van der Waals surface area contributed by atoms with Crippen LogP contribution in [-0.4, -0.2) is 108 Å². The number of esters is 2. The van der Waals surface area contributed by atoms with Gasteiger partial charge in [0.2, 0.25) is 0 Å². The van der Waals surface area contributed by atoms with Gasteiger partial charge >= 0.3 is 35.4 Å². The van der Waals surface area contributed by atoms with Crippen molar-refractivity contribution in [2.45, 2.75) is 140 Å². The molecule has 0 heterocycles. The first-order chi connectivity index (χ1) is 28.3. The van der Waals surface area contributed by atoms with E-state index < -0.39 is 91.3 Å². The lowest BCUT2D eigenvalue weighted by Crippen LogP contribution is -2.65. The molecule has 1 rings (SSSR count). The third kappa shape index (κ3) is 28.2. The van der Waals surface area contributed by atoms with Crippen LogP contribution >= 0.6 is 37.0 Å². The summed E-state index contributed by atoms with van der Waals surface area (Å²) in [6, 6.07) is 0. The Kier molecular flexibility index (Phi) is 30.0. The zero-order valence-electron chi connectivity index (χ0n) is 33.3. The van der Waals surface area contributed by atoms with Gasteiger partial charge in [-0.05, 0) is 65.6 Å². The largest absolute Gasteiger partial charge is 0.472 e. The molecule has 0 saturated heterocycles. The molecule has 1 aliphatic rings. The van der Waals surface area contributed by atoms with Gasteiger partial charge in [0.25, 0.3) is 0 Å². The molecule has 4 unspecified atom stereocenters. The molecule has 8 atom stereocenters. The molecule has 0 bridgehead atoms. The van der Waals surface area contributed by atoms with Crippen LogP contribution in [0.3, 0.4) is 0 Å². The fraction of sp³-hybridized carbons (Fsp3) is 0.632. The molecule has 0 spiro atoms. The van der Waals surface area contributed by atoms with E-state index in [9.17, 15) is 63.1 Å². The smallest absolute Gasteiger partial charge is 0.456 e. The molecule has 19 nitrogen and oxygen atoms in total. The van der Waals surface area contributed by atoms with E-state index in [1.807, 2.05) is 5.92 Å². The molecule has 61 heavy (non-hydrogen) atoms. The minimum Gasteiger partial charge on any atom is -0.456 e. The Morgan fingerprint density at radius 2 is 1.03 bits per heavy atom. The first-order valence-corrected chi connectivity index (χ1v) is 23.4. The predicted octanol–water partition coefficient (Wildman–Crippen LogP) is 4.95. The Labute approximate surface area is 379 Å². The fourth-order valence-electron chi connectivity index (χ4n) is 5.40. The zero-order chi connectivity index (χ0) is 45.0. The van der Waals surface area contributed by atoms with Gasteiger partial charge in [0.1, 0.15) is 43.2 Å². The van der Waals surface area contributed by atoms with Gasteiger partial charge in [-0.3, -0.25) is 22.9 Å². The van der Waals surface area contributed by atoms with Crippen molar-refractivity contribution < 1.29 is 106 Å². The van der Waals surface area contributed by atoms with E-state index in [1.165, 1.54) is 44.9 Å². The molecular formula is C38H75O19P3S. The maximum atomic E-state index is 13.0. The molecule has 362 valence electrons. The highest BCUT2D eigenvalue weighted by Crippen LogP contribution is 2.51. The number of carbonyl (C=O) groups excluding carboxylic acids is 2. The number of carbonyl (C=O) groups is 2. The summed E-state index contributed by atoms with van der Waals surface area (Å²) < 4.78 is 64.4. The summed E-state index contributed by atoms with van der Waals surface area (Å²) in [5.74, 6) is 22.8. The molecule has 8 N–H and O–H groups in total. The molecular weight excluding hydrogens is 885 g/mol. The maximum absolute atomic E-state index is 13.0. The monoisotopic (exact) mass is 960 g/mol. The molecule has 1 saturated carbocycles. The minimum absolute atomic E-state index is 0. The Balaban J connectivity index is -0.000000300. The summed E-state index contributed by atoms with van der Waals surface area (Å²) in [5, 5.41) is 31.6. The van der Waals surface area contributed by atoms with Crippen LogP contribution in [0, 0.1) is 71.5 Å². The Morgan fingerprint density at radius 1 is 0.607 bits per heavy atom. The number of aliphatic hydroxyl groups excluding tert-OH is 3. The SMILES string of the molecule is C#CC#CC#CC#CC#CC#CC(=O)OC[C@H](COP(=O)(O)OC1C(O)[C@H](O)[C@H](OP(=O)(O)O)C(OP(=O)(O)O)[C@@H]1O)OC(=O)CCCCCCCCCCCCCCC.S.[HH].[HH].[HH].[HH].[HH].[HH].[HH].[HH].[HH].[HH].[HH]. The van der Waals surface area contributed by atoms with Crippen molar-refractivity contribution in [1.29, 1.82) is 0 Å². The predicted molar refractivity (Wildman–Crippen MR) is 245 cm³/mol. The van der Waals surface area contributed by atoms with Gasteiger partial charge in [-0.2, -0.15) is 13.5 Å². The van der Waals surface area contributed by atoms with Gasteiger partial charge in [-0.1, -0.05) is 84.0 Å². The first kappa shape index (κ1) is 57.9. The number of phosphoric acid groups is 3. The van der Waals surface area contributed by atoms with Crippen molar-refractivity contribution in [2.75, 3.05) is 13.2 Å². The minimum atomic E-state index is -5.63. The third-order valence-corrected chi connectivity index (χ3v) is 10.2. The number of aliphatic hydroxyl groups is 3. The van der Waals surface area contributed by atoms with Crippen LogP contribution in [0.2, 0.25) is 0 Å². The van der Waals surface area contributed by atoms with Gasteiger partial charge in [-0.25, -0.2) is 18.5 Å². The van der Waals surface area contributed by atoms with E-state index in [1.54, 1.807) is 0 Å². The quantitative estimate of drug-likeness (QED) is 0.0187. The molecule has 0 amide bonds. The second-order valence-corrected chi connectivity index (χ2v) is 16.8. The van der Waals surface area contributed by atoms with Crippen LogP contribution in [0.1, 0.15) is 113 Å². The third-order valence-electron chi connectivity index (χ3n) is 8.14. The van der Waals surface area contributed by atoms with E-state index in [4.69, 9.17) is 24.9 Å². The first-order valence-electron chi connectivity index (χ1n) is 18.8. The van der Waals surface area contributed by atoms with Gasteiger partial charge in [0.05, 0.1) is 6.61 Å². The number of terminal acetylenes is 1. The molecule has 1 fully saturated rings. The Bertz CT molecular complexity index is 1930. The van der Waals surface area contributed by atoms with Crippen molar-refractivity contribution in [1.82, 2.24) is 0 Å². The standard InChI is InChI=1S/C38H51O19P3.H2S.11H2/c1-3-5-7-9-11-13-15-16-17-19-21-23-25-27-32(40)54-30(28-52-31(39)26-24-22-20-18-14-12-10-8-6-4-2)29-53-60(50,51)57-36-33(41)34(42)37(55-58(44,45)46)38(35(36)43)56-59(47,48)49;;;;;;;;;;;;/h2,30,33-38,41-43H,3,5,7,9,11,13,15-17,19,21,23,25,27-29H2,1H3,(H,50,51)(H2,44,45,46)(H2,47,48,49);1H2;11*1H/t30-,33?,34+,35-,36?,37+,38?;;;;;;;;;;;;/m1............/s1. The number of phosphoric ester groups is 3. The van der Waals surface area contributed by atoms with Crippen LogP contribution in [-0.2, 0) is 50.9 Å². The van der Waals surface area contributed by atoms with E-state index in [2.05, 4.69) is 75.2 Å². The molecule has 0 aliphatic heterocycles. The van der Waals surface area contributed by atoms with Crippen molar-refractivity contribution in [3.8, 4) is 71.5 Å². The van der Waals surface area contributed by atoms with E-state index in [0.29, 0.717) is 12.8 Å². The maximum Gasteiger partial charge on any atom is 0.472 e. The Hall–Kier alpha value is -3.14. The lowest BCUT2D eigenvalue weighted by Gasteiger charge is -2.44. The van der Waals surface area contributed by atoms with Gasteiger partial charge < -0.3 is 49.3 Å². The van der Waals surface area contributed by atoms with E-state index in [0.717, 1.165) is 25.7 Å². The number of unbranched alkanes of at least 4 members (excludes halogenated alkanes) is 12. The summed E-state index contributed by atoms with van der Waals surface area (Å²) in [7, 11) is -16.7. The molecule has 1 aliphatic carbocycles. The van der Waals surface area contributed by atoms with Crippen molar-refractivity contribution in [2.24, 2.45) is 0 Å². The molecule has 0 aromatic heterocycles. The summed E-state index contributed by atoms with van der Waals surface area (Å²) in [4.78, 5) is 72.2. The highest BCUT2D eigenvalue weighted by atomic mass is 32.1. The summed E-state index contributed by atoms with van der Waals surface area (Å²) in [5.41, 5.74) is 0. The topological polar surface area (TPSA) is 303 Å². The second-order valence-electron chi connectivity index (χ2n) is 13.0. The number of hydrogen-bond acceptors (Lipinski definition) is 14. The van der Waals surface area contributed by atoms with Gasteiger partial charge in [-0.15, -0.1) is 6.42 Å².